The fourth-order valence-electron chi connectivity index (χ4n) is 2.04. The van der Waals surface area contributed by atoms with Gasteiger partial charge in [0.05, 0.1) is 6.10 Å². The van der Waals surface area contributed by atoms with Gasteiger partial charge < -0.3 is 5.11 Å². The SMILES string of the molecule is CCCCC[C@H](O)c1cc(Br)ccc1-c1nnn[nH]1. The van der Waals surface area contributed by atoms with Gasteiger partial charge >= 0.3 is 0 Å². The first kappa shape index (κ1) is 14.1. The third-order valence-corrected chi connectivity index (χ3v) is 3.55. The quantitative estimate of drug-likeness (QED) is 0.800. The van der Waals surface area contributed by atoms with Crippen molar-refractivity contribution in [2.24, 2.45) is 0 Å². The summed E-state index contributed by atoms with van der Waals surface area (Å²) in [6, 6.07) is 5.75. The molecule has 0 saturated carbocycles. The Kier molecular flexibility index (Phi) is 5.04. The van der Waals surface area contributed by atoms with Crippen LogP contribution in [0, 0.1) is 0 Å². The Bertz CT molecular complexity index is 515. The topological polar surface area (TPSA) is 74.7 Å². The summed E-state index contributed by atoms with van der Waals surface area (Å²) in [5, 5.41) is 24.2. The van der Waals surface area contributed by atoms with Crippen molar-refractivity contribution in [1.82, 2.24) is 20.6 Å². The van der Waals surface area contributed by atoms with Gasteiger partial charge in [-0.25, -0.2) is 5.10 Å². The molecular formula is C13H17BrN4O. The molecule has 19 heavy (non-hydrogen) atoms. The van der Waals surface area contributed by atoms with E-state index in [1.165, 1.54) is 0 Å². The number of unbranched alkanes of at least 4 members (excludes halogenated alkanes) is 2. The van der Waals surface area contributed by atoms with Crippen LogP contribution in [0.1, 0.15) is 44.3 Å². The average Bonchev–Trinajstić information content (AvgIpc) is 2.92. The fraction of sp³-hybridized carbons (Fsp3) is 0.462. The molecule has 0 unspecified atom stereocenters. The van der Waals surface area contributed by atoms with Crippen LogP contribution in [-0.2, 0) is 0 Å². The highest BCUT2D eigenvalue weighted by Gasteiger charge is 2.16. The maximum Gasteiger partial charge on any atom is 0.179 e. The highest BCUT2D eigenvalue weighted by molar-refractivity contribution is 9.10. The second-order valence-corrected chi connectivity index (χ2v) is 5.41. The standard InChI is InChI=1S/C13H17BrN4O/c1-2-3-4-5-12(19)11-8-9(14)6-7-10(11)13-15-17-18-16-13/h6-8,12,19H,2-5H2,1H3,(H,15,16,17,18)/t12-/m0/s1. The van der Waals surface area contributed by atoms with Gasteiger partial charge in [0.25, 0.3) is 0 Å². The number of nitrogens with zero attached hydrogens (tertiary/aromatic N) is 3. The van der Waals surface area contributed by atoms with Gasteiger partial charge in [-0.3, -0.25) is 0 Å². The van der Waals surface area contributed by atoms with E-state index in [9.17, 15) is 5.11 Å². The van der Waals surface area contributed by atoms with Gasteiger partial charge in [0.2, 0.25) is 0 Å². The molecule has 2 rings (SSSR count). The summed E-state index contributed by atoms with van der Waals surface area (Å²) in [7, 11) is 0. The molecule has 0 bridgehead atoms. The summed E-state index contributed by atoms with van der Waals surface area (Å²) in [5.74, 6) is 0.581. The lowest BCUT2D eigenvalue weighted by atomic mass is 9.98. The monoisotopic (exact) mass is 324 g/mol. The number of aliphatic hydroxyl groups excluding tert-OH is 1. The number of aliphatic hydroxyl groups is 1. The van der Waals surface area contributed by atoms with E-state index in [0.29, 0.717) is 5.82 Å². The molecule has 2 N–H and O–H groups in total. The van der Waals surface area contributed by atoms with E-state index in [1.807, 2.05) is 18.2 Å². The molecule has 1 atom stereocenters. The van der Waals surface area contributed by atoms with E-state index in [0.717, 1.165) is 41.3 Å². The smallest absolute Gasteiger partial charge is 0.179 e. The van der Waals surface area contributed by atoms with Crippen LogP contribution >= 0.6 is 15.9 Å². The average molecular weight is 325 g/mol. The predicted octanol–water partition coefficient (Wildman–Crippen LogP) is 3.24. The number of nitrogens with one attached hydrogen (secondary N) is 1. The van der Waals surface area contributed by atoms with Crippen molar-refractivity contribution in [1.29, 1.82) is 0 Å². The van der Waals surface area contributed by atoms with Gasteiger partial charge in [0, 0.05) is 10.0 Å². The molecule has 0 aliphatic carbocycles. The molecule has 1 aromatic heterocycles. The first-order valence-electron chi connectivity index (χ1n) is 6.44. The van der Waals surface area contributed by atoms with Crippen molar-refractivity contribution in [3.8, 4) is 11.4 Å². The Morgan fingerprint density at radius 1 is 1.37 bits per heavy atom. The van der Waals surface area contributed by atoms with Crippen LogP contribution in [0.2, 0.25) is 0 Å². The Morgan fingerprint density at radius 2 is 2.21 bits per heavy atom. The van der Waals surface area contributed by atoms with Gasteiger partial charge in [-0.1, -0.05) is 42.1 Å². The first-order chi connectivity index (χ1) is 9.22. The van der Waals surface area contributed by atoms with Crippen LogP contribution in [0.3, 0.4) is 0 Å². The Labute approximate surface area is 120 Å². The fourth-order valence-corrected chi connectivity index (χ4v) is 2.42. The molecule has 102 valence electrons. The number of aromatic nitrogens is 4. The third kappa shape index (κ3) is 3.61. The number of hydrogen-bond acceptors (Lipinski definition) is 4. The lowest BCUT2D eigenvalue weighted by Crippen LogP contribution is -2.01. The summed E-state index contributed by atoms with van der Waals surface area (Å²) in [6.45, 7) is 2.15. The summed E-state index contributed by atoms with van der Waals surface area (Å²) >= 11 is 3.44. The van der Waals surface area contributed by atoms with Crippen molar-refractivity contribution >= 4 is 15.9 Å². The highest BCUT2D eigenvalue weighted by Crippen LogP contribution is 2.31. The number of aromatic amines is 1. The second kappa shape index (κ2) is 6.77. The van der Waals surface area contributed by atoms with E-state index >= 15 is 0 Å². The molecule has 1 aromatic carbocycles. The second-order valence-electron chi connectivity index (χ2n) is 4.49. The molecule has 0 saturated heterocycles. The van der Waals surface area contributed by atoms with Gasteiger partial charge in [-0.15, -0.1) is 5.10 Å². The van der Waals surface area contributed by atoms with Crippen LogP contribution in [0.5, 0.6) is 0 Å². The maximum absolute atomic E-state index is 10.3. The van der Waals surface area contributed by atoms with Crippen LogP contribution in [0.15, 0.2) is 22.7 Å². The summed E-state index contributed by atoms with van der Waals surface area (Å²) in [4.78, 5) is 0. The number of halogens is 1. The molecule has 0 radical (unpaired) electrons. The molecular weight excluding hydrogens is 308 g/mol. The third-order valence-electron chi connectivity index (χ3n) is 3.05. The molecule has 1 heterocycles. The summed E-state index contributed by atoms with van der Waals surface area (Å²) in [5.41, 5.74) is 1.70. The first-order valence-corrected chi connectivity index (χ1v) is 7.23. The molecule has 2 aromatic rings. The highest BCUT2D eigenvalue weighted by atomic mass is 79.9. The summed E-state index contributed by atoms with van der Waals surface area (Å²) < 4.78 is 0.938. The van der Waals surface area contributed by atoms with E-state index in [1.54, 1.807) is 0 Å². The van der Waals surface area contributed by atoms with Crippen LogP contribution in [-0.4, -0.2) is 25.7 Å². The maximum atomic E-state index is 10.3. The van der Waals surface area contributed by atoms with E-state index in [2.05, 4.69) is 43.5 Å². The largest absolute Gasteiger partial charge is 0.388 e. The number of benzene rings is 1. The van der Waals surface area contributed by atoms with Crippen molar-refractivity contribution in [3.63, 3.8) is 0 Å². The molecule has 0 fully saturated rings. The zero-order valence-electron chi connectivity index (χ0n) is 10.8. The van der Waals surface area contributed by atoms with Crippen LogP contribution in [0.4, 0.5) is 0 Å². The molecule has 0 amide bonds. The zero-order valence-corrected chi connectivity index (χ0v) is 12.4. The van der Waals surface area contributed by atoms with E-state index in [4.69, 9.17) is 0 Å². The minimum absolute atomic E-state index is 0.496. The Hall–Kier alpha value is -1.27. The normalized spacial score (nSPS) is 12.6. The lowest BCUT2D eigenvalue weighted by molar-refractivity contribution is 0.164. The van der Waals surface area contributed by atoms with Crippen LogP contribution in [0.25, 0.3) is 11.4 Å². The number of hydrogen-bond donors (Lipinski definition) is 2. The van der Waals surface area contributed by atoms with Gasteiger partial charge in [-0.2, -0.15) is 0 Å². The van der Waals surface area contributed by atoms with Crippen LogP contribution < -0.4 is 0 Å². The van der Waals surface area contributed by atoms with Gasteiger partial charge in [-0.05, 0) is 40.6 Å². The molecule has 0 spiro atoms. The Balaban J connectivity index is 2.25. The number of tetrazole rings is 1. The summed E-state index contributed by atoms with van der Waals surface area (Å²) in [6.07, 6.45) is 3.54. The number of rotatable bonds is 6. The van der Waals surface area contributed by atoms with E-state index in [-0.39, 0.29) is 0 Å². The van der Waals surface area contributed by atoms with Crippen molar-refractivity contribution in [3.05, 3.63) is 28.2 Å². The lowest BCUT2D eigenvalue weighted by Gasteiger charge is -2.14. The minimum atomic E-state index is -0.496. The molecule has 0 aliphatic rings. The molecule has 6 heteroatoms. The van der Waals surface area contributed by atoms with Crippen molar-refractivity contribution in [2.45, 2.75) is 38.7 Å². The zero-order chi connectivity index (χ0) is 13.7. The minimum Gasteiger partial charge on any atom is -0.388 e. The predicted molar refractivity (Wildman–Crippen MR) is 76.4 cm³/mol. The molecule has 0 aliphatic heterocycles. The van der Waals surface area contributed by atoms with Crippen molar-refractivity contribution in [2.75, 3.05) is 0 Å². The van der Waals surface area contributed by atoms with E-state index < -0.39 is 6.10 Å². The van der Waals surface area contributed by atoms with Gasteiger partial charge in [0.1, 0.15) is 0 Å². The number of H-pyrrole nitrogens is 1. The van der Waals surface area contributed by atoms with Crippen molar-refractivity contribution < 1.29 is 5.11 Å². The molecule has 5 nitrogen and oxygen atoms in total. The Morgan fingerprint density at radius 3 is 2.89 bits per heavy atom. The van der Waals surface area contributed by atoms with Gasteiger partial charge in [0.15, 0.2) is 5.82 Å².